The van der Waals surface area contributed by atoms with Crippen molar-refractivity contribution in [2.24, 2.45) is 0 Å². The van der Waals surface area contributed by atoms with Crippen molar-refractivity contribution in [1.29, 1.82) is 0 Å². The van der Waals surface area contributed by atoms with E-state index in [2.05, 4.69) is 19.1 Å². The van der Waals surface area contributed by atoms with E-state index in [9.17, 15) is 0 Å². The smallest absolute Gasteiger partial charge is 0.409 e. The predicted octanol–water partition coefficient (Wildman–Crippen LogP) is 8.74. The Labute approximate surface area is 188 Å². The van der Waals surface area contributed by atoms with E-state index in [-0.39, 0.29) is 0 Å². The first-order chi connectivity index (χ1) is 15.3. The molecule has 0 heterocycles. The highest BCUT2D eigenvalue weighted by atomic mass is 31.2. The average molecular weight is 437 g/mol. The van der Waals surface area contributed by atoms with Crippen LogP contribution in [0, 0.1) is 0 Å². The average Bonchev–Trinajstić information content (AvgIpc) is 2.81. The van der Waals surface area contributed by atoms with E-state index in [1.807, 2.05) is 72.8 Å². The fourth-order valence-electron chi connectivity index (χ4n) is 3.28. The lowest BCUT2D eigenvalue weighted by Crippen LogP contribution is -2.02. The second kappa shape index (κ2) is 13.7. The van der Waals surface area contributed by atoms with Gasteiger partial charge in [0.2, 0.25) is 0 Å². The van der Waals surface area contributed by atoms with Gasteiger partial charge in [0.25, 0.3) is 0 Å². The molecule has 3 aromatic rings. The van der Waals surface area contributed by atoms with Crippen molar-refractivity contribution in [2.45, 2.75) is 58.3 Å². The van der Waals surface area contributed by atoms with Crippen LogP contribution in [0.5, 0.6) is 17.2 Å². The van der Waals surface area contributed by atoms with Crippen LogP contribution in [0.1, 0.15) is 57.4 Å². The summed E-state index contributed by atoms with van der Waals surface area (Å²) in [5.41, 5.74) is 1.35. The van der Waals surface area contributed by atoms with E-state index in [0.717, 1.165) is 23.7 Å². The van der Waals surface area contributed by atoms with E-state index in [4.69, 9.17) is 13.6 Å². The molecule has 0 bridgehead atoms. The molecule has 0 amide bonds. The highest BCUT2D eigenvalue weighted by molar-refractivity contribution is 7.43. The van der Waals surface area contributed by atoms with E-state index in [0.29, 0.717) is 0 Å². The minimum Gasteiger partial charge on any atom is -0.409 e. The summed E-state index contributed by atoms with van der Waals surface area (Å²) in [5.74, 6) is 2.20. The van der Waals surface area contributed by atoms with E-state index in [1.54, 1.807) is 0 Å². The van der Waals surface area contributed by atoms with Gasteiger partial charge in [-0.2, -0.15) is 0 Å². The minimum absolute atomic E-state index is 0.722. The molecule has 0 radical (unpaired) electrons. The van der Waals surface area contributed by atoms with Crippen molar-refractivity contribution in [3.63, 3.8) is 0 Å². The van der Waals surface area contributed by atoms with Crippen LogP contribution in [0.2, 0.25) is 0 Å². The molecule has 0 N–H and O–H groups in total. The van der Waals surface area contributed by atoms with Gasteiger partial charge in [-0.1, -0.05) is 94.0 Å². The Balaban J connectivity index is 1.51. The Morgan fingerprint density at radius 3 is 1.48 bits per heavy atom. The van der Waals surface area contributed by atoms with Gasteiger partial charge in [0, 0.05) is 0 Å². The van der Waals surface area contributed by atoms with Crippen LogP contribution in [0.15, 0.2) is 84.9 Å². The van der Waals surface area contributed by atoms with E-state index in [1.165, 1.54) is 50.5 Å². The Hall–Kier alpha value is -2.51. The second-order valence-electron chi connectivity index (χ2n) is 7.64. The Kier molecular flexibility index (Phi) is 10.3. The number of rotatable bonds is 14. The van der Waals surface area contributed by atoms with Crippen LogP contribution in [0.4, 0.5) is 0 Å². The first kappa shape index (κ1) is 23.2. The third kappa shape index (κ3) is 9.02. The van der Waals surface area contributed by atoms with Crippen molar-refractivity contribution in [3.8, 4) is 17.2 Å². The summed E-state index contributed by atoms with van der Waals surface area (Å²) in [7, 11) is -1.62. The van der Waals surface area contributed by atoms with Crippen molar-refractivity contribution in [1.82, 2.24) is 0 Å². The quantitative estimate of drug-likeness (QED) is 0.187. The molecule has 3 rings (SSSR count). The maximum atomic E-state index is 6.08. The molecule has 164 valence electrons. The van der Waals surface area contributed by atoms with Gasteiger partial charge in [-0.05, 0) is 54.8 Å². The molecular weight excluding hydrogens is 403 g/mol. The van der Waals surface area contributed by atoms with Crippen molar-refractivity contribution in [2.75, 3.05) is 0 Å². The number of hydrogen-bond donors (Lipinski definition) is 0. The number of aryl methyl sites for hydroxylation is 1. The van der Waals surface area contributed by atoms with Crippen LogP contribution in [-0.4, -0.2) is 0 Å². The fraction of sp³-hybridized carbons (Fsp3) is 0.333. The first-order valence-corrected chi connectivity index (χ1v) is 12.5. The molecule has 0 spiro atoms. The van der Waals surface area contributed by atoms with Crippen LogP contribution in [-0.2, 0) is 6.42 Å². The lowest BCUT2D eigenvalue weighted by Gasteiger charge is -2.18. The standard InChI is InChI=1S/C27H33O3P/c1-2-3-4-5-6-7-10-15-24-20-22-27(23-21-24)30-31(28-25-16-11-8-12-17-25)29-26-18-13-9-14-19-26/h8-9,11-14,16-23H,2-7,10,15H2,1H3. The Morgan fingerprint density at radius 1 is 0.516 bits per heavy atom. The van der Waals surface area contributed by atoms with Gasteiger partial charge in [0.1, 0.15) is 17.2 Å². The molecule has 0 aliphatic heterocycles. The summed E-state index contributed by atoms with van der Waals surface area (Å²) < 4.78 is 18.1. The highest BCUT2D eigenvalue weighted by Gasteiger charge is 2.19. The summed E-state index contributed by atoms with van der Waals surface area (Å²) in [4.78, 5) is 0. The lowest BCUT2D eigenvalue weighted by atomic mass is 10.0. The summed E-state index contributed by atoms with van der Waals surface area (Å²) in [6.45, 7) is 2.26. The minimum atomic E-state index is -1.62. The van der Waals surface area contributed by atoms with Crippen molar-refractivity contribution >= 4 is 8.60 Å². The maximum Gasteiger partial charge on any atom is 0.530 e. The second-order valence-corrected chi connectivity index (χ2v) is 8.63. The summed E-state index contributed by atoms with van der Waals surface area (Å²) >= 11 is 0. The number of para-hydroxylation sites is 2. The van der Waals surface area contributed by atoms with Crippen LogP contribution in [0.3, 0.4) is 0 Å². The third-order valence-corrected chi connectivity index (χ3v) is 6.10. The summed E-state index contributed by atoms with van der Waals surface area (Å²) in [6, 6.07) is 27.6. The molecule has 0 atom stereocenters. The molecule has 0 aliphatic rings. The highest BCUT2D eigenvalue weighted by Crippen LogP contribution is 2.42. The SMILES string of the molecule is CCCCCCCCCc1ccc(OP(Oc2ccccc2)Oc2ccccc2)cc1. The molecule has 0 aliphatic carbocycles. The van der Waals surface area contributed by atoms with E-state index < -0.39 is 8.60 Å². The van der Waals surface area contributed by atoms with Gasteiger partial charge in [0.15, 0.2) is 0 Å². The largest absolute Gasteiger partial charge is 0.530 e. The molecule has 0 fully saturated rings. The number of unbranched alkanes of at least 4 members (excludes halogenated alkanes) is 6. The van der Waals surface area contributed by atoms with Crippen LogP contribution >= 0.6 is 8.60 Å². The predicted molar refractivity (Wildman–Crippen MR) is 130 cm³/mol. The first-order valence-electron chi connectivity index (χ1n) is 11.4. The molecule has 3 aromatic carbocycles. The molecule has 0 unspecified atom stereocenters. The zero-order valence-electron chi connectivity index (χ0n) is 18.4. The molecule has 0 aromatic heterocycles. The van der Waals surface area contributed by atoms with Gasteiger partial charge in [-0.15, -0.1) is 0 Å². The molecule has 3 nitrogen and oxygen atoms in total. The lowest BCUT2D eigenvalue weighted by molar-refractivity contribution is 0.388. The number of benzene rings is 3. The normalized spacial score (nSPS) is 10.8. The van der Waals surface area contributed by atoms with Crippen molar-refractivity contribution < 1.29 is 13.6 Å². The van der Waals surface area contributed by atoms with Gasteiger partial charge in [-0.3, -0.25) is 0 Å². The van der Waals surface area contributed by atoms with Gasteiger partial charge in [-0.25, -0.2) is 0 Å². The third-order valence-electron chi connectivity index (χ3n) is 5.02. The summed E-state index contributed by atoms with van der Waals surface area (Å²) in [6.07, 6.45) is 10.4. The Bertz CT molecular complexity index is 796. The zero-order chi connectivity index (χ0) is 21.6. The maximum absolute atomic E-state index is 6.08. The monoisotopic (exact) mass is 436 g/mol. The fourth-order valence-corrected chi connectivity index (χ4v) is 4.27. The van der Waals surface area contributed by atoms with Crippen molar-refractivity contribution in [3.05, 3.63) is 90.5 Å². The zero-order valence-corrected chi connectivity index (χ0v) is 19.3. The molecule has 0 saturated heterocycles. The molecule has 31 heavy (non-hydrogen) atoms. The van der Waals surface area contributed by atoms with Gasteiger partial charge in [0.05, 0.1) is 0 Å². The van der Waals surface area contributed by atoms with Gasteiger partial charge >= 0.3 is 8.60 Å². The summed E-state index contributed by atoms with van der Waals surface area (Å²) in [5, 5.41) is 0. The molecule has 4 heteroatoms. The molecular formula is C27H33O3P. The van der Waals surface area contributed by atoms with Gasteiger partial charge < -0.3 is 13.6 Å². The van der Waals surface area contributed by atoms with Crippen LogP contribution < -0.4 is 13.6 Å². The van der Waals surface area contributed by atoms with Crippen LogP contribution in [0.25, 0.3) is 0 Å². The topological polar surface area (TPSA) is 27.7 Å². The Morgan fingerprint density at radius 2 is 0.968 bits per heavy atom. The molecule has 0 saturated carbocycles. The van der Waals surface area contributed by atoms with E-state index >= 15 is 0 Å². The number of hydrogen-bond acceptors (Lipinski definition) is 3.